The van der Waals surface area contributed by atoms with E-state index in [0.717, 1.165) is 0 Å². The summed E-state index contributed by atoms with van der Waals surface area (Å²) in [6.45, 7) is 10.5. The third-order valence-corrected chi connectivity index (χ3v) is 5.62. The minimum atomic E-state index is -3.55. The second kappa shape index (κ2) is 6.90. The van der Waals surface area contributed by atoms with Gasteiger partial charge < -0.3 is 5.11 Å². The first kappa shape index (κ1) is 18.1. The van der Waals surface area contributed by atoms with Crippen molar-refractivity contribution < 1.29 is 13.5 Å². The molecule has 0 spiro atoms. The number of benzene rings is 1. The maximum Gasteiger partial charge on any atom is 0.240 e. The molecule has 0 amide bonds. The lowest BCUT2D eigenvalue weighted by Crippen LogP contribution is -2.37. The van der Waals surface area contributed by atoms with Crippen LogP contribution in [0.5, 0.6) is 0 Å². The lowest BCUT2D eigenvalue weighted by molar-refractivity contribution is 0.173. The van der Waals surface area contributed by atoms with E-state index < -0.39 is 16.1 Å². The topological polar surface area (TPSA) is 66.4 Å². The van der Waals surface area contributed by atoms with E-state index in [-0.39, 0.29) is 10.3 Å². The maximum absolute atomic E-state index is 12.4. The van der Waals surface area contributed by atoms with Crippen LogP contribution < -0.4 is 4.72 Å². The van der Waals surface area contributed by atoms with E-state index >= 15 is 0 Å². The van der Waals surface area contributed by atoms with Crippen LogP contribution in [-0.2, 0) is 10.0 Å². The zero-order valence-corrected chi connectivity index (χ0v) is 14.4. The van der Waals surface area contributed by atoms with Crippen LogP contribution in [0, 0.1) is 11.3 Å². The number of hydrogen-bond donors (Lipinski definition) is 2. The van der Waals surface area contributed by atoms with Gasteiger partial charge in [-0.3, -0.25) is 0 Å². The van der Waals surface area contributed by atoms with Gasteiger partial charge in [-0.05, 0) is 35.4 Å². The van der Waals surface area contributed by atoms with Crippen molar-refractivity contribution in [2.45, 2.75) is 52.0 Å². The third kappa shape index (κ3) is 4.80. The van der Waals surface area contributed by atoms with Gasteiger partial charge in [0, 0.05) is 6.54 Å². The highest BCUT2D eigenvalue weighted by atomic mass is 32.2. The van der Waals surface area contributed by atoms with Crippen molar-refractivity contribution in [3.05, 3.63) is 29.8 Å². The number of hydrogen-bond acceptors (Lipinski definition) is 3. The Morgan fingerprint density at radius 3 is 2.43 bits per heavy atom. The molecule has 2 N–H and O–H groups in total. The molecule has 0 aliphatic rings. The van der Waals surface area contributed by atoms with Crippen LogP contribution in [-0.4, -0.2) is 20.1 Å². The fourth-order valence-electron chi connectivity index (χ4n) is 1.69. The highest BCUT2D eigenvalue weighted by molar-refractivity contribution is 7.89. The first-order valence-electron chi connectivity index (χ1n) is 7.38. The third-order valence-electron chi connectivity index (χ3n) is 4.22. The van der Waals surface area contributed by atoms with Gasteiger partial charge in [-0.1, -0.05) is 46.8 Å². The summed E-state index contributed by atoms with van der Waals surface area (Å²) in [7, 11) is -3.55. The molecule has 1 aromatic rings. The van der Waals surface area contributed by atoms with E-state index in [9.17, 15) is 13.5 Å². The molecule has 120 valence electrons. The molecule has 0 aliphatic heterocycles. The van der Waals surface area contributed by atoms with Crippen molar-refractivity contribution in [3.8, 4) is 0 Å². The Morgan fingerprint density at radius 1 is 1.29 bits per heavy atom. The van der Waals surface area contributed by atoms with Gasteiger partial charge in [0.2, 0.25) is 10.0 Å². The highest BCUT2D eigenvalue weighted by Crippen LogP contribution is 2.26. The van der Waals surface area contributed by atoms with Crippen molar-refractivity contribution in [3.63, 3.8) is 0 Å². The largest absolute Gasteiger partial charge is 0.388 e. The Hall–Kier alpha value is -0.910. The van der Waals surface area contributed by atoms with Crippen molar-refractivity contribution in [2.75, 3.05) is 6.54 Å². The summed E-state index contributed by atoms with van der Waals surface area (Å²) in [5.74, 6) is 0.369. The lowest BCUT2D eigenvalue weighted by atomic mass is 9.81. The molecule has 1 unspecified atom stereocenters. The smallest absolute Gasteiger partial charge is 0.240 e. The van der Waals surface area contributed by atoms with E-state index in [1.165, 1.54) is 0 Å². The maximum atomic E-state index is 12.4. The fourth-order valence-corrected chi connectivity index (χ4v) is 2.97. The molecule has 5 heteroatoms. The predicted octanol–water partition coefficient (Wildman–Crippen LogP) is 3.09. The first-order valence-corrected chi connectivity index (χ1v) is 8.86. The summed E-state index contributed by atoms with van der Waals surface area (Å²) in [5, 5.41) is 9.84. The van der Waals surface area contributed by atoms with Gasteiger partial charge in [0.1, 0.15) is 0 Å². The standard InChI is InChI=1S/C16H27NO3S/c1-6-15(18)13-8-7-9-14(10-13)21(19,20)17-11-16(4,5)12(2)3/h7-10,12,15,17-18H,6,11H2,1-5H3. The molecule has 4 nitrogen and oxygen atoms in total. The first-order chi connectivity index (χ1) is 9.60. The van der Waals surface area contributed by atoms with E-state index in [4.69, 9.17) is 0 Å². The second-order valence-electron chi connectivity index (χ2n) is 6.46. The zero-order chi connectivity index (χ0) is 16.3. The number of aliphatic hydroxyl groups excluding tert-OH is 1. The molecular weight excluding hydrogens is 286 g/mol. The monoisotopic (exact) mass is 313 g/mol. The molecule has 21 heavy (non-hydrogen) atoms. The van der Waals surface area contributed by atoms with E-state index in [0.29, 0.717) is 24.4 Å². The number of rotatable bonds is 7. The van der Waals surface area contributed by atoms with Crippen LogP contribution in [0.3, 0.4) is 0 Å². The van der Waals surface area contributed by atoms with Crippen molar-refractivity contribution in [2.24, 2.45) is 11.3 Å². The summed E-state index contributed by atoms with van der Waals surface area (Å²) in [5.41, 5.74) is 0.511. The summed E-state index contributed by atoms with van der Waals surface area (Å²) in [6.07, 6.45) is -0.0793. The quantitative estimate of drug-likeness (QED) is 0.813. The minimum Gasteiger partial charge on any atom is -0.388 e. The van der Waals surface area contributed by atoms with Gasteiger partial charge >= 0.3 is 0 Å². The van der Waals surface area contributed by atoms with Crippen LogP contribution in [0.25, 0.3) is 0 Å². The van der Waals surface area contributed by atoms with Crippen LogP contribution in [0.15, 0.2) is 29.2 Å². The SMILES string of the molecule is CCC(O)c1cccc(S(=O)(=O)NCC(C)(C)C(C)C)c1. The van der Waals surface area contributed by atoms with Gasteiger partial charge in [-0.15, -0.1) is 0 Å². The van der Waals surface area contributed by atoms with E-state index in [2.05, 4.69) is 18.6 Å². The molecule has 0 radical (unpaired) electrons. The van der Waals surface area contributed by atoms with Crippen LogP contribution in [0.1, 0.15) is 52.7 Å². The van der Waals surface area contributed by atoms with Gasteiger partial charge in [-0.2, -0.15) is 0 Å². The van der Waals surface area contributed by atoms with Crippen LogP contribution in [0.2, 0.25) is 0 Å². The molecule has 1 aromatic carbocycles. The molecule has 0 heterocycles. The molecule has 0 aliphatic carbocycles. The van der Waals surface area contributed by atoms with Crippen molar-refractivity contribution >= 4 is 10.0 Å². The average molecular weight is 313 g/mol. The number of aliphatic hydroxyl groups is 1. The summed E-state index contributed by atoms with van der Waals surface area (Å²) >= 11 is 0. The molecule has 0 aromatic heterocycles. The molecular formula is C16H27NO3S. The second-order valence-corrected chi connectivity index (χ2v) is 8.23. The highest BCUT2D eigenvalue weighted by Gasteiger charge is 2.25. The van der Waals surface area contributed by atoms with Gasteiger partial charge in [0.05, 0.1) is 11.0 Å². The molecule has 1 atom stereocenters. The van der Waals surface area contributed by atoms with Gasteiger partial charge in [0.25, 0.3) is 0 Å². The molecule has 0 saturated carbocycles. The Morgan fingerprint density at radius 2 is 1.90 bits per heavy atom. The fraction of sp³-hybridized carbons (Fsp3) is 0.625. The minimum absolute atomic E-state index is 0.117. The zero-order valence-electron chi connectivity index (χ0n) is 13.6. The Kier molecular flexibility index (Phi) is 5.96. The molecule has 0 fully saturated rings. The summed E-state index contributed by atoms with van der Waals surface area (Å²) in [6, 6.07) is 6.50. The van der Waals surface area contributed by atoms with Crippen molar-refractivity contribution in [1.29, 1.82) is 0 Å². The van der Waals surface area contributed by atoms with E-state index in [1.807, 2.05) is 20.8 Å². The Balaban J connectivity index is 2.94. The van der Waals surface area contributed by atoms with Crippen molar-refractivity contribution in [1.82, 2.24) is 4.72 Å². The summed E-state index contributed by atoms with van der Waals surface area (Å²) < 4.78 is 27.4. The van der Waals surface area contributed by atoms with Crippen LogP contribution >= 0.6 is 0 Å². The van der Waals surface area contributed by atoms with Gasteiger partial charge in [0.15, 0.2) is 0 Å². The van der Waals surface area contributed by atoms with Crippen LogP contribution in [0.4, 0.5) is 0 Å². The molecule has 0 bridgehead atoms. The normalized spacial score (nSPS) is 14.4. The Bertz CT molecular complexity index is 565. The predicted molar refractivity (Wildman–Crippen MR) is 85.5 cm³/mol. The summed E-state index contributed by atoms with van der Waals surface area (Å²) in [4.78, 5) is 0.201. The number of sulfonamides is 1. The van der Waals surface area contributed by atoms with E-state index in [1.54, 1.807) is 24.3 Å². The molecule has 0 saturated heterocycles. The number of nitrogens with one attached hydrogen (secondary N) is 1. The van der Waals surface area contributed by atoms with Gasteiger partial charge in [-0.25, -0.2) is 13.1 Å². The average Bonchev–Trinajstić information content (AvgIpc) is 2.44. The molecule has 1 rings (SSSR count). The lowest BCUT2D eigenvalue weighted by Gasteiger charge is -2.29. The Labute approximate surface area is 128 Å².